The first-order valence-electron chi connectivity index (χ1n) is 7.67. The number of imide groups is 1. The summed E-state index contributed by atoms with van der Waals surface area (Å²) < 4.78 is 28.5. The molecule has 4 rings (SSSR count). The van der Waals surface area contributed by atoms with E-state index < -0.39 is 35.1 Å². The number of carbonyl (C=O) groups is 3. The van der Waals surface area contributed by atoms with Crippen LogP contribution in [-0.4, -0.2) is 32.6 Å². The highest BCUT2D eigenvalue weighted by Crippen LogP contribution is 2.23. The Morgan fingerprint density at radius 2 is 1.48 bits per heavy atom. The molecule has 0 unspecified atom stereocenters. The molecule has 1 aliphatic heterocycles. The number of halogens is 2. The number of fused-ring (bicyclic) bond motifs is 1. The topological polar surface area (TPSA) is 81.5 Å². The van der Waals surface area contributed by atoms with Gasteiger partial charge in [-0.25, -0.2) is 18.3 Å². The molecular weight excluding hydrogens is 360 g/mol. The Labute approximate surface area is 150 Å². The summed E-state index contributed by atoms with van der Waals surface area (Å²) in [4.78, 5) is 41.5. The number of hydrogen-bond acceptors (Lipinski definition) is 5. The lowest BCUT2D eigenvalue weighted by Crippen LogP contribution is -2.32. The van der Waals surface area contributed by atoms with Crippen LogP contribution in [0.25, 0.3) is 5.69 Å². The van der Waals surface area contributed by atoms with Gasteiger partial charge in [0.1, 0.15) is 5.69 Å². The van der Waals surface area contributed by atoms with Gasteiger partial charge >= 0.3 is 5.97 Å². The first-order valence-corrected chi connectivity index (χ1v) is 7.67. The molecule has 0 atom stereocenters. The Bertz CT molecular complexity index is 1050. The molecule has 0 fully saturated rings. The lowest BCUT2D eigenvalue weighted by atomic mass is 10.1. The Balaban J connectivity index is 1.58. The van der Waals surface area contributed by atoms with Gasteiger partial charge in [-0.3, -0.25) is 9.59 Å². The average Bonchev–Trinajstić information content (AvgIpc) is 3.22. The number of para-hydroxylation sites is 1. The number of aromatic nitrogens is 2. The number of hydrogen-bond donors (Lipinski definition) is 0. The minimum atomic E-state index is -1.12. The molecule has 0 aliphatic carbocycles. The number of rotatable bonds is 3. The number of nitrogens with zero attached hydrogens (tertiary/aromatic N) is 3. The molecule has 2 aromatic carbocycles. The van der Waals surface area contributed by atoms with E-state index in [4.69, 9.17) is 4.84 Å². The molecule has 9 heteroatoms. The molecule has 27 heavy (non-hydrogen) atoms. The zero-order valence-electron chi connectivity index (χ0n) is 13.4. The van der Waals surface area contributed by atoms with Gasteiger partial charge in [-0.2, -0.15) is 5.10 Å². The summed E-state index contributed by atoms with van der Waals surface area (Å²) in [6, 6.07) is 10.4. The van der Waals surface area contributed by atoms with E-state index >= 15 is 0 Å². The first-order chi connectivity index (χ1) is 13.0. The second-order valence-corrected chi connectivity index (χ2v) is 5.54. The van der Waals surface area contributed by atoms with Crippen molar-refractivity contribution in [2.24, 2.45) is 0 Å². The summed E-state index contributed by atoms with van der Waals surface area (Å²) in [5.74, 6) is -4.45. The highest BCUT2D eigenvalue weighted by molar-refractivity contribution is 6.21. The van der Waals surface area contributed by atoms with Crippen LogP contribution < -0.4 is 0 Å². The maximum absolute atomic E-state index is 13.8. The molecular formula is C18H9F2N3O4. The van der Waals surface area contributed by atoms with Gasteiger partial charge in [-0.1, -0.05) is 23.3 Å². The third kappa shape index (κ3) is 2.65. The molecule has 0 saturated heterocycles. The van der Waals surface area contributed by atoms with Crippen LogP contribution >= 0.6 is 0 Å². The quantitative estimate of drug-likeness (QED) is 0.663. The zero-order chi connectivity index (χ0) is 19.1. The summed E-state index contributed by atoms with van der Waals surface area (Å²) >= 11 is 0. The van der Waals surface area contributed by atoms with Crippen molar-refractivity contribution < 1.29 is 28.0 Å². The molecule has 3 aromatic rings. The van der Waals surface area contributed by atoms with Crippen molar-refractivity contribution in [2.75, 3.05) is 0 Å². The van der Waals surface area contributed by atoms with Crippen LogP contribution in [0.15, 0.2) is 54.7 Å². The standard InChI is InChI=1S/C18H9F2N3O4/c19-12-6-3-7-13(20)15(12)22-9-8-14(21-22)18(26)27-23-16(24)10-4-1-2-5-11(10)17(23)25/h1-9H. The second kappa shape index (κ2) is 6.13. The van der Waals surface area contributed by atoms with Crippen LogP contribution in [0.5, 0.6) is 0 Å². The van der Waals surface area contributed by atoms with E-state index in [0.717, 1.165) is 29.1 Å². The van der Waals surface area contributed by atoms with E-state index in [1.54, 1.807) is 12.1 Å². The lowest BCUT2D eigenvalue weighted by molar-refractivity contribution is -0.0588. The molecule has 0 spiro atoms. The zero-order valence-corrected chi connectivity index (χ0v) is 13.4. The van der Waals surface area contributed by atoms with Gasteiger partial charge in [0.2, 0.25) is 0 Å². The molecule has 1 aromatic heterocycles. The molecule has 0 saturated carbocycles. The van der Waals surface area contributed by atoms with Crippen molar-refractivity contribution in [1.82, 2.24) is 14.8 Å². The summed E-state index contributed by atoms with van der Waals surface area (Å²) in [6.07, 6.45) is 1.15. The predicted molar refractivity (Wildman–Crippen MR) is 85.8 cm³/mol. The first kappa shape index (κ1) is 16.6. The Kier molecular flexibility index (Phi) is 3.76. The SMILES string of the molecule is O=C(ON1C(=O)c2ccccc2C1=O)c1ccn(-c2c(F)cccc2F)n1. The van der Waals surface area contributed by atoms with Gasteiger partial charge in [-0.05, 0) is 30.3 Å². The minimum Gasteiger partial charge on any atom is -0.322 e. The van der Waals surface area contributed by atoms with Crippen LogP contribution in [0.4, 0.5) is 8.78 Å². The third-order valence-corrected chi connectivity index (χ3v) is 3.90. The summed E-state index contributed by atoms with van der Waals surface area (Å²) in [6.45, 7) is 0. The molecule has 0 radical (unpaired) electrons. The lowest BCUT2D eigenvalue weighted by Gasteiger charge is -2.11. The maximum Gasteiger partial charge on any atom is 0.384 e. The second-order valence-electron chi connectivity index (χ2n) is 5.54. The highest BCUT2D eigenvalue weighted by Gasteiger charge is 2.39. The molecule has 0 N–H and O–H groups in total. The monoisotopic (exact) mass is 369 g/mol. The van der Waals surface area contributed by atoms with Crippen LogP contribution in [0, 0.1) is 11.6 Å². The number of benzene rings is 2. The van der Waals surface area contributed by atoms with Crippen molar-refractivity contribution >= 4 is 17.8 Å². The number of amides is 2. The predicted octanol–water partition coefficient (Wildman–Crippen LogP) is 2.52. The van der Waals surface area contributed by atoms with E-state index in [2.05, 4.69) is 5.10 Å². The molecule has 2 amide bonds. The summed E-state index contributed by atoms with van der Waals surface area (Å²) in [5.41, 5.74) is -0.602. The van der Waals surface area contributed by atoms with Crippen LogP contribution in [0.1, 0.15) is 31.2 Å². The van der Waals surface area contributed by atoms with Crippen molar-refractivity contribution in [1.29, 1.82) is 0 Å². The fourth-order valence-electron chi connectivity index (χ4n) is 2.64. The van der Waals surface area contributed by atoms with E-state index in [9.17, 15) is 23.2 Å². The maximum atomic E-state index is 13.8. The van der Waals surface area contributed by atoms with E-state index in [-0.39, 0.29) is 16.8 Å². The van der Waals surface area contributed by atoms with Crippen molar-refractivity contribution in [3.63, 3.8) is 0 Å². The van der Waals surface area contributed by atoms with E-state index in [0.29, 0.717) is 5.06 Å². The molecule has 2 heterocycles. The summed E-state index contributed by atoms with van der Waals surface area (Å²) in [5, 5.41) is 4.09. The van der Waals surface area contributed by atoms with Gasteiger partial charge in [-0.15, -0.1) is 0 Å². The summed E-state index contributed by atoms with van der Waals surface area (Å²) in [7, 11) is 0. The van der Waals surface area contributed by atoms with E-state index in [1.165, 1.54) is 18.2 Å². The normalized spacial score (nSPS) is 13.0. The highest BCUT2D eigenvalue weighted by atomic mass is 19.1. The molecule has 1 aliphatic rings. The fourth-order valence-corrected chi connectivity index (χ4v) is 2.64. The Morgan fingerprint density at radius 3 is 2.07 bits per heavy atom. The largest absolute Gasteiger partial charge is 0.384 e. The van der Waals surface area contributed by atoms with Crippen LogP contribution in [0.2, 0.25) is 0 Å². The molecule has 134 valence electrons. The molecule has 0 bridgehead atoms. The fraction of sp³-hybridized carbons (Fsp3) is 0. The molecule has 7 nitrogen and oxygen atoms in total. The van der Waals surface area contributed by atoms with Crippen LogP contribution in [-0.2, 0) is 4.84 Å². The van der Waals surface area contributed by atoms with Gasteiger partial charge in [0.15, 0.2) is 17.3 Å². The van der Waals surface area contributed by atoms with Gasteiger partial charge < -0.3 is 4.84 Å². The van der Waals surface area contributed by atoms with Crippen molar-refractivity contribution in [3.8, 4) is 5.69 Å². The van der Waals surface area contributed by atoms with Crippen molar-refractivity contribution in [2.45, 2.75) is 0 Å². The van der Waals surface area contributed by atoms with Crippen molar-refractivity contribution in [3.05, 3.63) is 83.2 Å². The van der Waals surface area contributed by atoms with Gasteiger partial charge in [0, 0.05) is 6.20 Å². The van der Waals surface area contributed by atoms with E-state index in [1.807, 2.05) is 0 Å². The third-order valence-electron chi connectivity index (χ3n) is 3.90. The number of carbonyl (C=O) groups excluding carboxylic acids is 3. The Hall–Kier alpha value is -3.88. The minimum absolute atomic E-state index is 0.106. The van der Waals surface area contributed by atoms with Gasteiger partial charge in [0.05, 0.1) is 11.1 Å². The van der Waals surface area contributed by atoms with Crippen LogP contribution in [0.3, 0.4) is 0 Å². The smallest absolute Gasteiger partial charge is 0.322 e. The van der Waals surface area contributed by atoms with Gasteiger partial charge in [0.25, 0.3) is 11.8 Å². The average molecular weight is 369 g/mol. The number of hydroxylamine groups is 2. The Morgan fingerprint density at radius 1 is 0.889 bits per heavy atom.